The molecule has 6 heteroatoms. The van der Waals surface area contributed by atoms with Gasteiger partial charge in [-0.05, 0) is 51.4 Å². The Hall–Kier alpha value is -1.92. The summed E-state index contributed by atoms with van der Waals surface area (Å²) >= 11 is 1.57. The predicted octanol–water partition coefficient (Wildman–Crippen LogP) is 3.37. The minimum Gasteiger partial charge on any atom is -0.497 e. The van der Waals surface area contributed by atoms with E-state index in [0.29, 0.717) is 18.7 Å². The molecular weight excluding hydrogens is 346 g/mol. The summed E-state index contributed by atoms with van der Waals surface area (Å²) in [6.07, 6.45) is 1.65. The molecule has 1 aliphatic heterocycles. The largest absolute Gasteiger partial charge is 0.497 e. The zero-order chi connectivity index (χ0) is 18.9. The number of amides is 1. The highest BCUT2D eigenvalue weighted by molar-refractivity contribution is 7.11. The molecule has 1 aliphatic rings. The number of carbonyl (C=O) groups excluding carboxylic acids is 1. The van der Waals surface area contributed by atoms with Crippen LogP contribution in [0.15, 0.2) is 24.3 Å². The van der Waals surface area contributed by atoms with Crippen molar-refractivity contribution in [2.24, 2.45) is 5.73 Å². The SMILES string of the molecule is COc1cccc(C2CCN(C(=O)c3nc(CCN)sc3C)C2(C)C)c1. The van der Waals surface area contributed by atoms with Crippen LogP contribution in [0, 0.1) is 6.92 Å². The molecule has 1 unspecified atom stereocenters. The second kappa shape index (κ2) is 7.37. The maximum atomic E-state index is 13.2. The van der Waals surface area contributed by atoms with Crippen molar-refractivity contribution in [2.75, 3.05) is 20.2 Å². The number of likely N-dealkylation sites (tertiary alicyclic amines) is 1. The van der Waals surface area contributed by atoms with E-state index in [0.717, 1.165) is 28.6 Å². The Bertz CT molecular complexity index is 800. The Balaban J connectivity index is 1.86. The van der Waals surface area contributed by atoms with Gasteiger partial charge in [0, 0.05) is 29.3 Å². The lowest BCUT2D eigenvalue weighted by Crippen LogP contribution is -2.45. The minimum absolute atomic E-state index is 0.0254. The number of ether oxygens (including phenoxy) is 1. The normalized spacial score (nSPS) is 19.0. The molecule has 2 heterocycles. The summed E-state index contributed by atoms with van der Waals surface area (Å²) in [5.41, 5.74) is 7.14. The van der Waals surface area contributed by atoms with E-state index >= 15 is 0 Å². The Kier molecular flexibility index (Phi) is 5.34. The molecule has 140 valence electrons. The van der Waals surface area contributed by atoms with Crippen LogP contribution in [-0.2, 0) is 6.42 Å². The van der Waals surface area contributed by atoms with E-state index in [4.69, 9.17) is 10.5 Å². The smallest absolute Gasteiger partial charge is 0.274 e. The molecule has 26 heavy (non-hydrogen) atoms. The van der Waals surface area contributed by atoms with Gasteiger partial charge in [-0.25, -0.2) is 4.98 Å². The Morgan fingerprint density at radius 3 is 2.92 bits per heavy atom. The third kappa shape index (κ3) is 3.35. The predicted molar refractivity (Wildman–Crippen MR) is 105 cm³/mol. The fourth-order valence-electron chi connectivity index (χ4n) is 3.89. The number of carbonyl (C=O) groups is 1. The van der Waals surface area contributed by atoms with Crippen molar-refractivity contribution in [1.82, 2.24) is 9.88 Å². The van der Waals surface area contributed by atoms with Gasteiger partial charge >= 0.3 is 0 Å². The first-order valence-corrected chi connectivity index (χ1v) is 9.82. The summed E-state index contributed by atoms with van der Waals surface area (Å²) in [5.74, 6) is 1.14. The highest BCUT2D eigenvalue weighted by Gasteiger charge is 2.45. The molecule has 0 saturated carbocycles. The number of nitrogens with two attached hydrogens (primary N) is 1. The van der Waals surface area contributed by atoms with Crippen LogP contribution >= 0.6 is 11.3 Å². The van der Waals surface area contributed by atoms with Gasteiger partial charge in [0.25, 0.3) is 5.91 Å². The van der Waals surface area contributed by atoms with E-state index in [1.54, 1.807) is 18.4 Å². The number of benzene rings is 1. The van der Waals surface area contributed by atoms with Crippen molar-refractivity contribution in [1.29, 1.82) is 0 Å². The van der Waals surface area contributed by atoms with Gasteiger partial charge in [-0.3, -0.25) is 4.79 Å². The Labute approximate surface area is 159 Å². The fraction of sp³-hybridized carbons (Fsp3) is 0.500. The van der Waals surface area contributed by atoms with Crippen molar-refractivity contribution in [2.45, 2.75) is 45.1 Å². The molecule has 0 bridgehead atoms. The number of methoxy groups -OCH3 is 1. The minimum atomic E-state index is -0.284. The number of rotatable bonds is 5. The first-order valence-electron chi connectivity index (χ1n) is 9.00. The maximum Gasteiger partial charge on any atom is 0.274 e. The highest BCUT2D eigenvalue weighted by atomic mass is 32.1. The zero-order valence-corrected chi connectivity index (χ0v) is 16.7. The molecule has 1 amide bonds. The molecule has 1 saturated heterocycles. The van der Waals surface area contributed by atoms with Gasteiger partial charge in [0.2, 0.25) is 0 Å². The van der Waals surface area contributed by atoms with Gasteiger partial charge in [-0.1, -0.05) is 12.1 Å². The van der Waals surface area contributed by atoms with Gasteiger partial charge in [-0.2, -0.15) is 0 Å². The number of aryl methyl sites for hydroxylation is 1. The molecule has 1 aromatic heterocycles. The van der Waals surface area contributed by atoms with Gasteiger partial charge in [0.05, 0.1) is 12.1 Å². The van der Waals surface area contributed by atoms with Gasteiger partial charge in [0.1, 0.15) is 11.4 Å². The summed E-state index contributed by atoms with van der Waals surface area (Å²) in [5, 5.41) is 0.940. The lowest BCUT2D eigenvalue weighted by molar-refractivity contribution is 0.0629. The molecular formula is C20H27N3O2S. The van der Waals surface area contributed by atoms with E-state index in [1.807, 2.05) is 24.0 Å². The van der Waals surface area contributed by atoms with E-state index in [2.05, 4.69) is 31.0 Å². The number of aromatic nitrogens is 1. The summed E-state index contributed by atoms with van der Waals surface area (Å²) < 4.78 is 5.37. The quantitative estimate of drug-likeness (QED) is 0.872. The average molecular weight is 374 g/mol. The molecule has 1 fully saturated rings. The van der Waals surface area contributed by atoms with E-state index < -0.39 is 0 Å². The van der Waals surface area contributed by atoms with Crippen LogP contribution in [0.25, 0.3) is 0 Å². The van der Waals surface area contributed by atoms with Gasteiger partial charge < -0.3 is 15.4 Å². The Morgan fingerprint density at radius 2 is 2.23 bits per heavy atom. The molecule has 2 aromatic rings. The first kappa shape index (κ1) is 18.9. The highest BCUT2D eigenvalue weighted by Crippen LogP contribution is 2.43. The second-order valence-electron chi connectivity index (χ2n) is 7.28. The molecule has 5 nitrogen and oxygen atoms in total. The molecule has 0 aliphatic carbocycles. The topological polar surface area (TPSA) is 68.5 Å². The monoisotopic (exact) mass is 373 g/mol. The lowest BCUT2D eigenvalue weighted by Gasteiger charge is -2.36. The standard InChI is InChI=1S/C20H27N3O2S/c1-13-18(22-17(26-13)8-10-21)19(24)23-11-9-16(20(23,2)3)14-6-5-7-15(12-14)25-4/h5-7,12,16H,8-11,21H2,1-4H3. The molecule has 1 aromatic carbocycles. The van der Waals surface area contributed by atoms with Crippen molar-refractivity contribution in [3.63, 3.8) is 0 Å². The third-order valence-electron chi connectivity index (χ3n) is 5.33. The van der Waals surface area contributed by atoms with Crippen LogP contribution < -0.4 is 10.5 Å². The van der Waals surface area contributed by atoms with Crippen molar-refractivity contribution in [3.05, 3.63) is 45.4 Å². The summed E-state index contributed by atoms with van der Waals surface area (Å²) in [6, 6.07) is 8.16. The summed E-state index contributed by atoms with van der Waals surface area (Å²) in [7, 11) is 1.68. The van der Waals surface area contributed by atoms with Crippen LogP contribution in [0.4, 0.5) is 0 Å². The lowest BCUT2D eigenvalue weighted by atomic mass is 9.82. The van der Waals surface area contributed by atoms with Crippen LogP contribution in [0.2, 0.25) is 0 Å². The van der Waals surface area contributed by atoms with Crippen LogP contribution in [0.5, 0.6) is 5.75 Å². The number of thiazole rings is 1. The average Bonchev–Trinajstić information content (AvgIpc) is 3.13. The van der Waals surface area contributed by atoms with Crippen LogP contribution in [0.1, 0.15) is 52.1 Å². The number of hydrogen-bond acceptors (Lipinski definition) is 5. The maximum absolute atomic E-state index is 13.2. The van der Waals surface area contributed by atoms with Crippen molar-refractivity contribution >= 4 is 17.2 Å². The second-order valence-corrected chi connectivity index (χ2v) is 8.57. The molecule has 1 atom stereocenters. The fourth-order valence-corrected chi connectivity index (χ4v) is 4.83. The zero-order valence-electron chi connectivity index (χ0n) is 15.9. The molecule has 0 spiro atoms. The van der Waals surface area contributed by atoms with Gasteiger partial charge in [0.15, 0.2) is 0 Å². The van der Waals surface area contributed by atoms with Crippen LogP contribution in [-0.4, -0.2) is 41.5 Å². The van der Waals surface area contributed by atoms with Crippen molar-refractivity contribution in [3.8, 4) is 5.75 Å². The third-order valence-corrected chi connectivity index (χ3v) is 6.36. The van der Waals surface area contributed by atoms with E-state index in [9.17, 15) is 4.79 Å². The molecule has 2 N–H and O–H groups in total. The summed E-state index contributed by atoms with van der Waals surface area (Å²) in [6.45, 7) is 7.53. The van der Waals surface area contributed by atoms with E-state index in [-0.39, 0.29) is 17.4 Å². The first-order chi connectivity index (χ1) is 12.4. The molecule has 3 rings (SSSR count). The number of hydrogen-bond donors (Lipinski definition) is 1. The summed E-state index contributed by atoms with van der Waals surface area (Å²) in [4.78, 5) is 20.7. The van der Waals surface area contributed by atoms with E-state index in [1.165, 1.54) is 5.56 Å². The molecule has 0 radical (unpaired) electrons. The Morgan fingerprint density at radius 1 is 1.46 bits per heavy atom. The van der Waals surface area contributed by atoms with Gasteiger partial charge in [-0.15, -0.1) is 11.3 Å². The van der Waals surface area contributed by atoms with Crippen LogP contribution in [0.3, 0.4) is 0 Å². The van der Waals surface area contributed by atoms with Crippen molar-refractivity contribution < 1.29 is 9.53 Å². The number of nitrogens with zero attached hydrogens (tertiary/aromatic N) is 2.